The van der Waals surface area contributed by atoms with E-state index in [4.69, 9.17) is 0 Å². The summed E-state index contributed by atoms with van der Waals surface area (Å²) in [6.45, 7) is 2.09. The van der Waals surface area contributed by atoms with Gasteiger partial charge < -0.3 is 15.7 Å². The van der Waals surface area contributed by atoms with Crippen LogP contribution in [0.4, 0.5) is 17.6 Å². The van der Waals surface area contributed by atoms with Gasteiger partial charge in [-0.1, -0.05) is 25.1 Å². The Morgan fingerprint density at radius 2 is 1.84 bits per heavy atom. The fourth-order valence-electron chi connectivity index (χ4n) is 4.20. The number of rotatable bonds is 9. The standard InChI is InChI=1S/C24H28F4N2O2/c1-2-14-6-7-16-4-3-5-20(19(16)10-14)29-13-22(31)21(30-24(32)23(27)28)11-15-8-17(25)12-18(26)9-15/h6-10,12,20-23,29,31H,2-5,11,13H2,1H3,(H,30,32)/t20-,21-,22-/m0/s1. The van der Waals surface area contributed by atoms with Crippen LogP contribution in [0.2, 0.25) is 0 Å². The highest BCUT2D eigenvalue weighted by Gasteiger charge is 2.28. The zero-order valence-electron chi connectivity index (χ0n) is 17.9. The minimum Gasteiger partial charge on any atom is -0.390 e. The molecule has 3 N–H and O–H groups in total. The molecule has 0 radical (unpaired) electrons. The van der Waals surface area contributed by atoms with Crippen LogP contribution in [0, 0.1) is 11.6 Å². The first-order valence-electron chi connectivity index (χ1n) is 10.8. The monoisotopic (exact) mass is 452 g/mol. The number of carbonyl (C=O) groups is 1. The number of fused-ring (bicyclic) bond motifs is 1. The van der Waals surface area contributed by atoms with Crippen LogP contribution in [0.5, 0.6) is 0 Å². The van der Waals surface area contributed by atoms with Crippen LogP contribution in [-0.2, 0) is 24.1 Å². The van der Waals surface area contributed by atoms with Gasteiger partial charge in [0.05, 0.1) is 12.1 Å². The second kappa shape index (κ2) is 10.9. The number of aliphatic hydroxyl groups is 1. The highest BCUT2D eigenvalue weighted by molar-refractivity contribution is 5.79. The third kappa shape index (κ3) is 6.29. The van der Waals surface area contributed by atoms with Gasteiger partial charge in [-0.3, -0.25) is 4.79 Å². The summed E-state index contributed by atoms with van der Waals surface area (Å²) in [4.78, 5) is 11.6. The fourth-order valence-corrected chi connectivity index (χ4v) is 4.20. The van der Waals surface area contributed by atoms with E-state index >= 15 is 0 Å². The maximum absolute atomic E-state index is 13.5. The predicted molar refractivity (Wildman–Crippen MR) is 114 cm³/mol. The molecule has 0 aliphatic heterocycles. The van der Waals surface area contributed by atoms with Crippen molar-refractivity contribution in [2.45, 2.75) is 63.6 Å². The first-order chi connectivity index (χ1) is 15.3. The van der Waals surface area contributed by atoms with Crippen LogP contribution >= 0.6 is 0 Å². The zero-order valence-corrected chi connectivity index (χ0v) is 17.9. The van der Waals surface area contributed by atoms with Crippen LogP contribution < -0.4 is 10.6 Å². The van der Waals surface area contributed by atoms with E-state index in [-0.39, 0.29) is 24.6 Å². The van der Waals surface area contributed by atoms with Crippen molar-refractivity contribution in [3.05, 3.63) is 70.3 Å². The Hall–Kier alpha value is -2.45. The molecule has 0 fully saturated rings. The minimum atomic E-state index is -3.26. The van der Waals surface area contributed by atoms with Crippen LogP contribution in [0.1, 0.15) is 48.1 Å². The molecule has 1 amide bonds. The molecule has 1 aliphatic rings. The van der Waals surface area contributed by atoms with Gasteiger partial charge in [-0.25, -0.2) is 8.78 Å². The smallest absolute Gasteiger partial charge is 0.315 e. The zero-order chi connectivity index (χ0) is 23.3. The lowest BCUT2D eigenvalue weighted by Gasteiger charge is -2.30. The van der Waals surface area contributed by atoms with Gasteiger partial charge in [0.2, 0.25) is 0 Å². The summed E-state index contributed by atoms with van der Waals surface area (Å²) in [6.07, 6.45) is -1.01. The second-order valence-corrected chi connectivity index (χ2v) is 8.20. The molecule has 4 nitrogen and oxygen atoms in total. The summed E-state index contributed by atoms with van der Waals surface area (Å²) in [6, 6.07) is 7.99. The molecule has 2 aromatic rings. The Morgan fingerprint density at radius 3 is 2.50 bits per heavy atom. The van der Waals surface area contributed by atoms with E-state index in [0.717, 1.165) is 43.4 Å². The molecule has 0 saturated carbocycles. The summed E-state index contributed by atoms with van der Waals surface area (Å²) in [5.74, 6) is -3.18. The Balaban J connectivity index is 1.72. The topological polar surface area (TPSA) is 61.4 Å². The van der Waals surface area contributed by atoms with E-state index in [1.165, 1.54) is 11.1 Å². The molecule has 0 unspecified atom stereocenters. The van der Waals surface area contributed by atoms with Gasteiger partial charge in [0.1, 0.15) is 11.6 Å². The Morgan fingerprint density at radius 1 is 1.12 bits per heavy atom. The van der Waals surface area contributed by atoms with Gasteiger partial charge in [-0.2, -0.15) is 8.78 Å². The maximum atomic E-state index is 13.5. The van der Waals surface area contributed by atoms with E-state index in [1.807, 2.05) is 0 Å². The summed E-state index contributed by atoms with van der Waals surface area (Å²) >= 11 is 0. The van der Waals surface area contributed by atoms with Crippen molar-refractivity contribution < 1.29 is 27.5 Å². The van der Waals surface area contributed by atoms with Gasteiger partial charge in [0.15, 0.2) is 0 Å². The van der Waals surface area contributed by atoms with Gasteiger partial charge in [-0.15, -0.1) is 0 Å². The highest BCUT2D eigenvalue weighted by atomic mass is 19.3. The molecule has 8 heteroatoms. The van der Waals surface area contributed by atoms with Crippen molar-refractivity contribution in [1.82, 2.24) is 10.6 Å². The van der Waals surface area contributed by atoms with Crippen LogP contribution in [0.3, 0.4) is 0 Å². The van der Waals surface area contributed by atoms with Crippen LogP contribution in [0.15, 0.2) is 36.4 Å². The quantitative estimate of drug-likeness (QED) is 0.507. The Kier molecular flexibility index (Phi) is 8.26. The number of hydrogen-bond donors (Lipinski definition) is 3. The molecule has 1 aliphatic carbocycles. The minimum absolute atomic E-state index is 0.0158. The molecule has 174 valence electrons. The summed E-state index contributed by atoms with van der Waals surface area (Å²) in [7, 11) is 0. The van der Waals surface area contributed by atoms with E-state index < -0.39 is 36.1 Å². The van der Waals surface area contributed by atoms with E-state index in [0.29, 0.717) is 6.07 Å². The molecule has 32 heavy (non-hydrogen) atoms. The average molecular weight is 452 g/mol. The number of halogens is 4. The van der Waals surface area contributed by atoms with Crippen molar-refractivity contribution >= 4 is 5.91 Å². The third-order valence-corrected chi connectivity index (χ3v) is 5.87. The number of carbonyl (C=O) groups excluding carboxylic acids is 1. The normalized spacial score (nSPS) is 17.7. The SMILES string of the molecule is CCc1ccc2c(c1)[C@@H](NC[C@H](O)[C@H](Cc1cc(F)cc(F)c1)NC(=O)C(F)F)CCC2. The second-order valence-electron chi connectivity index (χ2n) is 8.20. The molecule has 0 spiro atoms. The van der Waals surface area contributed by atoms with E-state index in [9.17, 15) is 27.5 Å². The summed E-state index contributed by atoms with van der Waals surface area (Å²) < 4.78 is 52.7. The van der Waals surface area contributed by atoms with Gasteiger partial charge in [0.25, 0.3) is 5.91 Å². The van der Waals surface area contributed by atoms with Gasteiger partial charge >= 0.3 is 6.43 Å². The lowest BCUT2D eigenvalue weighted by molar-refractivity contribution is -0.133. The molecule has 2 aromatic carbocycles. The van der Waals surface area contributed by atoms with Crippen LogP contribution in [-0.4, -0.2) is 36.1 Å². The predicted octanol–water partition coefficient (Wildman–Crippen LogP) is 3.85. The largest absolute Gasteiger partial charge is 0.390 e. The molecule has 0 aromatic heterocycles. The fraction of sp³-hybridized carbons (Fsp3) is 0.458. The van der Waals surface area contributed by atoms with Gasteiger partial charge in [0, 0.05) is 18.7 Å². The number of alkyl halides is 2. The first-order valence-corrected chi connectivity index (χ1v) is 10.8. The number of amides is 1. The van der Waals surface area contributed by atoms with Crippen molar-refractivity contribution in [3.8, 4) is 0 Å². The first kappa shape index (κ1) is 24.2. The van der Waals surface area contributed by atoms with E-state index in [2.05, 4.69) is 35.8 Å². The molecule has 0 heterocycles. The molecule has 3 atom stereocenters. The number of benzene rings is 2. The lowest BCUT2D eigenvalue weighted by Crippen LogP contribution is -2.50. The van der Waals surface area contributed by atoms with Crippen LogP contribution in [0.25, 0.3) is 0 Å². The Labute approximate surface area is 185 Å². The van der Waals surface area contributed by atoms with E-state index in [1.54, 1.807) is 0 Å². The number of nitrogens with one attached hydrogen (secondary N) is 2. The highest BCUT2D eigenvalue weighted by Crippen LogP contribution is 2.30. The third-order valence-electron chi connectivity index (χ3n) is 5.87. The van der Waals surface area contributed by atoms with Crippen molar-refractivity contribution in [1.29, 1.82) is 0 Å². The molecular formula is C24H28F4N2O2. The molecule has 3 rings (SSSR count). The van der Waals surface area contributed by atoms with Gasteiger partial charge in [-0.05, 0) is 66.5 Å². The Bertz CT molecular complexity index is 918. The molecule has 0 bridgehead atoms. The number of aryl methyl sites for hydroxylation is 2. The lowest BCUT2D eigenvalue weighted by atomic mass is 9.86. The maximum Gasteiger partial charge on any atom is 0.315 e. The van der Waals surface area contributed by atoms with Crippen molar-refractivity contribution in [2.75, 3.05) is 6.54 Å². The number of hydrogen-bond acceptors (Lipinski definition) is 3. The number of aliphatic hydroxyl groups excluding tert-OH is 1. The summed E-state index contributed by atoms with van der Waals surface area (Å²) in [5, 5.41) is 16.1. The van der Waals surface area contributed by atoms with Crippen molar-refractivity contribution in [2.24, 2.45) is 0 Å². The molecule has 0 saturated heterocycles. The average Bonchev–Trinajstić information content (AvgIpc) is 2.75. The summed E-state index contributed by atoms with van der Waals surface area (Å²) in [5.41, 5.74) is 3.74. The molecular weight excluding hydrogens is 424 g/mol. The van der Waals surface area contributed by atoms with Crippen molar-refractivity contribution in [3.63, 3.8) is 0 Å².